The van der Waals surface area contributed by atoms with Gasteiger partial charge in [0, 0.05) is 26.1 Å². The lowest BCUT2D eigenvalue weighted by atomic mass is 9.92. The van der Waals surface area contributed by atoms with Gasteiger partial charge in [-0.15, -0.1) is 24.0 Å². The molecule has 1 heterocycles. The van der Waals surface area contributed by atoms with Gasteiger partial charge in [-0.1, -0.05) is 30.3 Å². The van der Waals surface area contributed by atoms with Gasteiger partial charge in [-0.2, -0.15) is 0 Å². The molecule has 0 radical (unpaired) electrons. The van der Waals surface area contributed by atoms with Gasteiger partial charge in [0.1, 0.15) is 5.76 Å². The van der Waals surface area contributed by atoms with Crippen LogP contribution < -0.4 is 16.0 Å². The molecule has 0 fully saturated rings. The first-order valence-corrected chi connectivity index (χ1v) is 9.38. The van der Waals surface area contributed by atoms with Crippen LogP contribution in [-0.4, -0.2) is 31.5 Å². The number of carbonyl (C=O) groups is 1. The summed E-state index contributed by atoms with van der Waals surface area (Å²) in [5.41, 5.74) is 0.597. The molecule has 1 amide bonds. The number of aliphatic imine (C=N–C) groups is 1. The zero-order valence-corrected chi connectivity index (χ0v) is 19.2. The van der Waals surface area contributed by atoms with Gasteiger partial charge >= 0.3 is 0 Å². The highest BCUT2D eigenvalue weighted by Crippen LogP contribution is 2.13. The normalized spacial score (nSPS) is 11.5. The highest BCUT2D eigenvalue weighted by atomic mass is 127. The van der Waals surface area contributed by atoms with Crippen molar-refractivity contribution in [1.29, 1.82) is 0 Å². The van der Waals surface area contributed by atoms with Crippen molar-refractivity contribution in [2.45, 2.75) is 33.7 Å². The highest BCUT2D eigenvalue weighted by Gasteiger charge is 2.27. The van der Waals surface area contributed by atoms with Crippen LogP contribution in [0, 0.1) is 5.41 Å². The van der Waals surface area contributed by atoms with Gasteiger partial charge < -0.3 is 20.4 Å². The first kappa shape index (κ1) is 24.0. The van der Waals surface area contributed by atoms with E-state index < -0.39 is 5.41 Å². The van der Waals surface area contributed by atoms with Crippen molar-refractivity contribution in [3.05, 3.63) is 60.1 Å². The summed E-state index contributed by atoms with van der Waals surface area (Å²) in [5, 5.41) is 9.49. The number of hydrogen-bond donors (Lipinski definition) is 3. The summed E-state index contributed by atoms with van der Waals surface area (Å²) in [6.07, 6.45) is 2.44. The molecule has 0 saturated carbocycles. The molecule has 2 aromatic rings. The number of guanidine groups is 1. The molecule has 0 spiro atoms. The van der Waals surface area contributed by atoms with E-state index in [1.807, 2.05) is 63.2 Å². The second kappa shape index (κ2) is 12.4. The van der Waals surface area contributed by atoms with Crippen LogP contribution in [0.15, 0.2) is 58.1 Å². The van der Waals surface area contributed by atoms with Gasteiger partial charge in [-0.05, 0) is 38.5 Å². The Balaban J connectivity index is 0.00000392. The van der Waals surface area contributed by atoms with E-state index >= 15 is 0 Å². The van der Waals surface area contributed by atoms with E-state index in [0.29, 0.717) is 32.1 Å². The predicted octanol–water partition coefficient (Wildman–Crippen LogP) is 3.34. The minimum Gasteiger partial charge on any atom is -0.469 e. The number of halogens is 1. The number of hydrogen-bond acceptors (Lipinski definition) is 3. The number of rotatable bonds is 9. The maximum absolute atomic E-state index is 12.2. The standard InChI is InChI=1S/C21H30N4O2.HI/c1-4-22-19(26)21(2,3)16-25-20(23-13-12-18-11-8-14-27-18)24-15-17-9-6-5-7-10-17;/h5-11,14H,4,12-13,15-16H2,1-3H3,(H,22,26)(H2,23,24,25);1H. The van der Waals surface area contributed by atoms with Crippen molar-refractivity contribution in [3.63, 3.8) is 0 Å². The zero-order chi connectivity index (χ0) is 19.5. The number of amides is 1. The Kier molecular flexibility index (Phi) is 10.7. The Morgan fingerprint density at radius 3 is 2.46 bits per heavy atom. The number of furan rings is 1. The lowest BCUT2D eigenvalue weighted by molar-refractivity contribution is -0.128. The topological polar surface area (TPSA) is 78.7 Å². The molecule has 1 aromatic carbocycles. The van der Waals surface area contributed by atoms with Crippen LogP contribution in [-0.2, 0) is 17.8 Å². The van der Waals surface area contributed by atoms with E-state index in [4.69, 9.17) is 4.42 Å². The zero-order valence-electron chi connectivity index (χ0n) is 16.8. The van der Waals surface area contributed by atoms with Crippen LogP contribution in [0.1, 0.15) is 32.1 Å². The van der Waals surface area contributed by atoms with Crippen LogP contribution in [0.25, 0.3) is 0 Å². The third kappa shape index (κ3) is 8.33. The molecule has 154 valence electrons. The molecule has 0 saturated heterocycles. The Hall–Kier alpha value is -2.03. The van der Waals surface area contributed by atoms with Gasteiger partial charge in [0.15, 0.2) is 5.96 Å². The third-order valence-electron chi connectivity index (χ3n) is 4.16. The van der Waals surface area contributed by atoms with Crippen molar-refractivity contribution in [3.8, 4) is 0 Å². The van der Waals surface area contributed by atoms with E-state index in [2.05, 4.69) is 20.9 Å². The second-order valence-corrected chi connectivity index (χ2v) is 7.00. The summed E-state index contributed by atoms with van der Waals surface area (Å²) in [5.74, 6) is 1.63. The van der Waals surface area contributed by atoms with E-state index in [-0.39, 0.29) is 29.9 Å². The lowest BCUT2D eigenvalue weighted by Gasteiger charge is -2.25. The molecule has 0 aliphatic heterocycles. The fourth-order valence-corrected chi connectivity index (χ4v) is 2.47. The van der Waals surface area contributed by atoms with Crippen LogP contribution in [0.5, 0.6) is 0 Å². The molecular weight excluding hydrogens is 467 g/mol. The first-order chi connectivity index (χ1) is 13.0. The molecule has 0 unspecified atom stereocenters. The molecule has 0 aliphatic rings. The summed E-state index contributed by atoms with van der Waals surface area (Å²) in [6, 6.07) is 13.9. The molecular formula is C21H31IN4O2. The average molecular weight is 498 g/mol. The van der Waals surface area contributed by atoms with Crippen LogP contribution >= 0.6 is 24.0 Å². The van der Waals surface area contributed by atoms with Gasteiger partial charge in [0.05, 0.1) is 18.2 Å². The molecule has 1 aromatic heterocycles. The van der Waals surface area contributed by atoms with E-state index in [9.17, 15) is 4.79 Å². The predicted molar refractivity (Wildman–Crippen MR) is 124 cm³/mol. The highest BCUT2D eigenvalue weighted by molar-refractivity contribution is 14.0. The Bertz CT molecular complexity index is 715. The second-order valence-electron chi connectivity index (χ2n) is 7.00. The summed E-state index contributed by atoms with van der Waals surface area (Å²) in [6.45, 7) is 8.13. The minimum atomic E-state index is -0.535. The van der Waals surface area contributed by atoms with E-state index in [0.717, 1.165) is 17.7 Å². The van der Waals surface area contributed by atoms with Crippen molar-refractivity contribution in [2.24, 2.45) is 10.4 Å². The first-order valence-electron chi connectivity index (χ1n) is 9.38. The summed E-state index contributed by atoms with van der Waals surface area (Å²) in [4.78, 5) is 16.9. The largest absolute Gasteiger partial charge is 0.469 e. The number of nitrogens with zero attached hydrogens (tertiary/aromatic N) is 1. The van der Waals surface area contributed by atoms with Crippen molar-refractivity contribution in [1.82, 2.24) is 16.0 Å². The van der Waals surface area contributed by atoms with E-state index in [1.165, 1.54) is 0 Å². The summed E-state index contributed by atoms with van der Waals surface area (Å²) < 4.78 is 5.36. The maximum Gasteiger partial charge on any atom is 0.227 e. The number of nitrogens with one attached hydrogen (secondary N) is 3. The fourth-order valence-electron chi connectivity index (χ4n) is 2.47. The SMILES string of the molecule is CCNC(=O)C(C)(C)CNC(=NCc1ccccc1)NCCc1ccco1.I. The van der Waals surface area contributed by atoms with Gasteiger partial charge in [0.25, 0.3) is 0 Å². The molecule has 6 nitrogen and oxygen atoms in total. The Morgan fingerprint density at radius 1 is 1.07 bits per heavy atom. The molecule has 3 N–H and O–H groups in total. The summed E-state index contributed by atoms with van der Waals surface area (Å²) in [7, 11) is 0. The van der Waals surface area contributed by atoms with Crippen molar-refractivity contribution >= 4 is 35.8 Å². The molecule has 2 rings (SSSR count). The van der Waals surface area contributed by atoms with Crippen molar-refractivity contribution < 1.29 is 9.21 Å². The van der Waals surface area contributed by atoms with Crippen LogP contribution in [0.2, 0.25) is 0 Å². The molecule has 0 bridgehead atoms. The quantitative estimate of drug-likeness (QED) is 0.282. The Morgan fingerprint density at radius 2 is 1.82 bits per heavy atom. The van der Waals surface area contributed by atoms with Gasteiger partial charge in [0.2, 0.25) is 5.91 Å². The molecule has 28 heavy (non-hydrogen) atoms. The molecule has 0 aliphatic carbocycles. The Labute approximate surface area is 184 Å². The van der Waals surface area contributed by atoms with E-state index in [1.54, 1.807) is 6.26 Å². The summed E-state index contributed by atoms with van der Waals surface area (Å²) >= 11 is 0. The van der Waals surface area contributed by atoms with Crippen molar-refractivity contribution in [2.75, 3.05) is 19.6 Å². The van der Waals surface area contributed by atoms with Crippen LogP contribution in [0.4, 0.5) is 0 Å². The fraction of sp³-hybridized carbons (Fsp3) is 0.429. The monoisotopic (exact) mass is 498 g/mol. The van der Waals surface area contributed by atoms with Gasteiger partial charge in [-0.3, -0.25) is 4.79 Å². The smallest absolute Gasteiger partial charge is 0.227 e. The number of carbonyl (C=O) groups excluding carboxylic acids is 1. The maximum atomic E-state index is 12.2. The lowest BCUT2D eigenvalue weighted by Crippen LogP contribution is -2.48. The third-order valence-corrected chi connectivity index (χ3v) is 4.16. The molecule has 7 heteroatoms. The molecule has 0 atom stereocenters. The van der Waals surface area contributed by atoms with Crippen LogP contribution in [0.3, 0.4) is 0 Å². The number of benzene rings is 1. The average Bonchev–Trinajstić information content (AvgIpc) is 3.18. The van der Waals surface area contributed by atoms with Gasteiger partial charge in [-0.25, -0.2) is 4.99 Å². The minimum absolute atomic E-state index is 0.